The minimum absolute atomic E-state index is 0.0295. The summed E-state index contributed by atoms with van der Waals surface area (Å²) < 4.78 is 25.0. The van der Waals surface area contributed by atoms with Gasteiger partial charge in [-0.1, -0.05) is 0 Å². The van der Waals surface area contributed by atoms with Crippen LogP contribution in [0, 0.1) is 13.8 Å². The molecular formula is C13H21N3O3S2. The molecule has 21 heavy (non-hydrogen) atoms. The number of carbonyl (C=O) groups excluding carboxylic acids is 1. The van der Waals surface area contributed by atoms with Crippen LogP contribution in [0.5, 0.6) is 0 Å². The van der Waals surface area contributed by atoms with Crippen LogP contribution in [-0.2, 0) is 10.0 Å². The second-order valence-corrected chi connectivity index (χ2v) is 8.45. The summed E-state index contributed by atoms with van der Waals surface area (Å²) >= 11 is 1.40. The Morgan fingerprint density at radius 2 is 2.14 bits per heavy atom. The molecule has 0 spiro atoms. The fourth-order valence-corrected chi connectivity index (χ4v) is 3.96. The lowest BCUT2D eigenvalue weighted by Crippen LogP contribution is -2.49. The van der Waals surface area contributed by atoms with Gasteiger partial charge in [0.2, 0.25) is 10.0 Å². The minimum atomic E-state index is -3.24. The first-order valence-electron chi connectivity index (χ1n) is 6.97. The van der Waals surface area contributed by atoms with Gasteiger partial charge in [-0.25, -0.2) is 18.1 Å². The molecule has 2 heterocycles. The number of aromatic nitrogens is 1. The van der Waals surface area contributed by atoms with Crippen molar-refractivity contribution in [2.75, 3.05) is 19.3 Å². The Morgan fingerprint density at radius 1 is 1.43 bits per heavy atom. The van der Waals surface area contributed by atoms with E-state index >= 15 is 0 Å². The molecule has 1 aliphatic rings. The van der Waals surface area contributed by atoms with Crippen LogP contribution in [0.25, 0.3) is 0 Å². The maximum absolute atomic E-state index is 12.7. The lowest BCUT2D eigenvalue weighted by atomic mass is 10.0. The Balaban J connectivity index is 2.14. The highest BCUT2D eigenvalue weighted by atomic mass is 32.2. The Hall–Kier alpha value is -0.990. The van der Waals surface area contributed by atoms with Crippen molar-refractivity contribution in [2.45, 2.75) is 39.2 Å². The standard InChI is InChI=1S/C13H21N3O3S2/c1-9-12(20-10(2)15-9)13(17)16-7-5-4-6-11(16)8-14-21(3,18)19/h11,14H,4-8H2,1-3H3/t11-/m1/s1. The average molecular weight is 331 g/mol. The van der Waals surface area contributed by atoms with Crippen LogP contribution in [0.3, 0.4) is 0 Å². The monoisotopic (exact) mass is 331 g/mol. The second-order valence-electron chi connectivity index (χ2n) is 5.42. The highest BCUT2D eigenvalue weighted by Gasteiger charge is 2.30. The molecule has 1 aromatic heterocycles. The summed E-state index contributed by atoms with van der Waals surface area (Å²) in [5.74, 6) is -0.0295. The van der Waals surface area contributed by atoms with Crippen LogP contribution in [0.2, 0.25) is 0 Å². The van der Waals surface area contributed by atoms with E-state index in [4.69, 9.17) is 0 Å². The number of hydrogen-bond acceptors (Lipinski definition) is 5. The third-order valence-electron chi connectivity index (χ3n) is 3.57. The average Bonchev–Trinajstić information content (AvgIpc) is 2.74. The number of sulfonamides is 1. The summed E-state index contributed by atoms with van der Waals surface area (Å²) in [7, 11) is -3.24. The molecule has 1 atom stereocenters. The summed E-state index contributed by atoms with van der Waals surface area (Å²) in [6.07, 6.45) is 3.93. The predicted molar refractivity (Wildman–Crippen MR) is 83.1 cm³/mol. The van der Waals surface area contributed by atoms with E-state index in [0.29, 0.717) is 11.4 Å². The summed E-state index contributed by atoms with van der Waals surface area (Å²) in [4.78, 5) is 19.4. The lowest BCUT2D eigenvalue weighted by Gasteiger charge is -2.35. The van der Waals surface area contributed by atoms with Crippen LogP contribution in [-0.4, -0.2) is 49.6 Å². The molecule has 2 rings (SSSR count). The maximum Gasteiger partial charge on any atom is 0.266 e. The zero-order valence-corrected chi connectivity index (χ0v) is 14.2. The first-order chi connectivity index (χ1) is 9.78. The normalized spacial score (nSPS) is 19.8. The third kappa shape index (κ3) is 4.24. The summed E-state index contributed by atoms with van der Waals surface area (Å²) in [5, 5.41) is 0.874. The van der Waals surface area contributed by atoms with Gasteiger partial charge in [-0.15, -0.1) is 11.3 Å². The number of carbonyl (C=O) groups is 1. The molecular weight excluding hydrogens is 310 g/mol. The van der Waals surface area contributed by atoms with Gasteiger partial charge >= 0.3 is 0 Å². The third-order valence-corrected chi connectivity index (χ3v) is 5.32. The number of amides is 1. The molecule has 1 N–H and O–H groups in total. The fraction of sp³-hybridized carbons (Fsp3) is 0.692. The highest BCUT2D eigenvalue weighted by Crippen LogP contribution is 2.24. The number of likely N-dealkylation sites (tertiary alicyclic amines) is 1. The van der Waals surface area contributed by atoms with Crippen molar-refractivity contribution in [1.29, 1.82) is 0 Å². The zero-order chi connectivity index (χ0) is 15.6. The molecule has 1 aliphatic heterocycles. The van der Waals surface area contributed by atoms with Crippen molar-refractivity contribution in [3.05, 3.63) is 15.6 Å². The molecule has 1 saturated heterocycles. The number of hydrogen-bond donors (Lipinski definition) is 1. The SMILES string of the molecule is Cc1nc(C)c(C(=O)N2CCCC[C@@H]2CNS(C)(=O)=O)s1. The highest BCUT2D eigenvalue weighted by molar-refractivity contribution is 7.88. The van der Waals surface area contributed by atoms with E-state index in [9.17, 15) is 13.2 Å². The number of nitrogens with zero attached hydrogens (tertiary/aromatic N) is 2. The number of thiazole rings is 1. The van der Waals surface area contributed by atoms with E-state index in [2.05, 4.69) is 9.71 Å². The maximum atomic E-state index is 12.7. The molecule has 1 aromatic rings. The molecule has 0 saturated carbocycles. The largest absolute Gasteiger partial charge is 0.334 e. The first-order valence-corrected chi connectivity index (χ1v) is 9.68. The molecule has 6 nitrogen and oxygen atoms in total. The van der Waals surface area contributed by atoms with Gasteiger partial charge in [0.1, 0.15) is 4.88 Å². The Bertz CT molecular complexity index is 625. The van der Waals surface area contributed by atoms with Gasteiger partial charge in [0.05, 0.1) is 17.0 Å². The number of aryl methyl sites for hydroxylation is 2. The van der Waals surface area contributed by atoms with Gasteiger partial charge in [0.15, 0.2) is 0 Å². The van der Waals surface area contributed by atoms with Gasteiger partial charge in [0, 0.05) is 19.1 Å². The van der Waals surface area contributed by atoms with Crippen LogP contribution in [0.4, 0.5) is 0 Å². The Morgan fingerprint density at radius 3 is 2.71 bits per heavy atom. The van der Waals surface area contributed by atoms with Crippen molar-refractivity contribution in [3.8, 4) is 0 Å². The van der Waals surface area contributed by atoms with Gasteiger partial charge < -0.3 is 4.90 Å². The van der Waals surface area contributed by atoms with Crippen LogP contribution in [0.1, 0.15) is 39.6 Å². The summed E-state index contributed by atoms with van der Waals surface area (Å²) in [5.41, 5.74) is 0.753. The van der Waals surface area contributed by atoms with Gasteiger partial charge in [-0.3, -0.25) is 4.79 Å². The molecule has 0 aliphatic carbocycles. The van der Waals surface area contributed by atoms with Gasteiger partial charge in [-0.05, 0) is 33.1 Å². The molecule has 1 amide bonds. The Kier molecular flexibility index (Phi) is 5.00. The van der Waals surface area contributed by atoms with E-state index in [1.165, 1.54) is 11.3 Å². The topological polar surface area (TPSA) is 79.4 Å². The molecule has 118 valence electrons. The second kappa shape index (κ2) is 6.41. The molecule has 0 aromatic carbocycles. The number of nitrogens with one attached hydrogen (secondary N) is 1. The smallest absolute Gasteiger partial charge is 0.266 e. The summed E-state index contributed by atoms with van der Waals surface area (Å²) in [6.45, 7) is 4.67. The molecule has 8 heteroatoms. The van der Waals surface area contributed by atoms with Crippen LogP contribution in [0.15, 0.2) is 0 Å². The quantitative estimate of drug-likeness (QED) is 0.902. The molecule has 0 unspecified atom stereocenters. The van der Waals surface area contributed by atoms with Gasteiger partial charge in [0.25, 0.3) is 5.91 Å². The van der Waals surface area contributed by atoms with E-state index in [0.717, 1.165) is 36.2 Å². The minimum Gasteiger partial charge on any atom is -0.334 e. The van der Waals surface area contributed by atoms with Crippen molar-refractivity contribution in [1.82, 2.24) is 14.6 Å². The van der Waals surface area contributed by atoms with Crippen molar-refractivity contribution in [2.24, 2.45) is 0 Å². The number of rotatable bonds is 4. The summed E-state index contributed by atoms with van der Waals surface area (Å²) in [6, 6.07) is -0.0808. The van der Waals surface area contributed by atoms with E-state index in [1.807, 2.05) is 13.8 Å². The molecule has 1 fully saturated rings. The molecule has 0 bridgehead atoms. The molecule has 0 radical (unpaired) electrons. The van der Waals surface area contributed by atoms with Crippen molar-refractivity contribution >= 4 is 27.3 Å². The number of piperidine rings is 1. The Labute approximate surface area is 129 Å². The van der Waals surface area contributed by atoms with Gasteiger partial charge in [-0.2, -0.15) is 0 Å². The van der Waals surface area contributed by atoms with Crippen molar-refractivity contribution in [3.63, 3.8) is 0 Å². The first kappa shape index (κ1) is 16.4. The fourth-order valence-electron chi connectivity index (χ4n) is 2.59. The lowest BCUT2D eigenvalue weighted by molar-refractivity contribution is 0.0623. The zero-order valence-electron chi connectivity index (χ0n) is 12.5. The van der Waals surface area contributed by atoms with Crippen LogP contribution >= 0.6 is 11.3 Å². The van der Waals surface area contributed by atoms with E-state index in [-0.39, 0.29) is 18.5 Å². The van der Waals surface area contributed by atoms with E-state index < -0.39 is 10.0 Å². The van der Waals surface area contributed by atoms with Crippen molar-refractivity contribution < 1.29 is 13.2 Å². The van der Waals surface area contributed by atoms with E-state index in [1.54, 1.807) is 4.90 Å². The van der Waals surface area contributed by atoms with Crippen LogP contribution < -0.4 is 4.72 Å². The predicted octanol–water partition coefficient (Wildman–Crippen LogP) is 1.30.